The lowest BCUT2D eigenvalue weighted by Gasteiger charge is -2.27. The molecule has 0 bridgehead atoms. The van der Waals surface area contributed by atoms with E-state index >= 15 is 0 Å². The summed E-state index contributed by atoms with van der Waals surface area (Å²) in [6.07, 6.45) is -0.397. The third kappa shape index (κ3) is 8.37. The smallest absolute Gasteiger partial charge is 0.305 e. The van der Waals surface area contributed by atoms with Crippen LogP contribution in [-0.4, -0.2) is 25.4 Å². The van der Waals surface area contributed by atoms with Crippen LogP contribution in [0, 0.1) is 6.92 Å². The van der Waals surface area contributed by atoms with E-state index in [1.807, 2.05) is 104 Å². The molecule has 0 heterocycles. The van der Waals surface area contributed by atoms with Crippen LogP contribution in [0.4, 0.5) is 5.69 Å². The van der Waals surface area contributed by atoms with Gasteiger partial charge in [-0.2, -0.15) is 0 Å². The van der Waals surface area contributed by atoms with E-state index in [2.05, 4.69) is 5.32 Å². The minimum Gasteiger partial charge on any atom is -0.481 e. The molecule has 0 aromatic heterocycles. The molecule has 0 aliphatic carbocycles. The molecule has 1 amide bonds. The summed E-state index contributed by atoms with van der Waals surface area (Å²) in [4.78, 5) is 26.2. The van der Waals surface area contributed by atoms with Crippen molar-refractivity contribution in [2.24, 2.45) is 0 Å². The van der Waals surface area contributed by atoms with Crippen LogP contribution in [0.25, 0.3) is 22.3 Å². The Morgan fingerprint density at radius 3 is 1.78 bits per heavy atom. The maximum atomic E-state index is 14.5. The molecule has 0 saturated heterocycles. The predicted octanol–water partition coefficient (Wildman–Crippen LogP) is 9.32. The number of carboxylic acids is 1. The van der Waals surface area contributed by atoms with Gasteiger partial charge in [0.2, 0.25) is 0 Å². The normalized spacial score (nSPS) is 11.8. The van der Waals surface area contributed by atoms with Crippen LogP contribution in [0.3, 0.4) is 0 Å². The van der Waals surface area contributed by atoms with Gasteiger partial charge in [-0.15, -0.1) is 0 Å². The summed E-state index contributed by atoms with van der Waals surface area (Å²) in [6.45, 7) is 1.86. The Bertz CT molecular complexity index is 2240. The summed E-state index contributed by atoms with van der Waals surface area (Å²) in [7, 11) is -4.24. The van der Waals surface area contributed by atoms with Crippen LogP contribution in [0.5, 0.6) is 0 Å². The van der Waals surface area contributed by atoms with E-state index in [4.69, 9.17) is 11.6 Å². The molecule has 0 saturated carbocycles. The molecule has 2 N–H and O–H groups in total. The van der Waals surface area contributed by atoms with Gasteiger partial charge < -0.3 is 10.4 Å². The third-order valence-electron chi connectivity index (χ3n) is 8.57. The number of aryl methyl sites for hydroxylation is 1. The average Bonchev–Trinajstić information content (AvgIpc) is 3.15. The predicted molar refractivity (Wildman–Crippen MR) is 202 cm³/mol. The van der Waals surface area contributed by atoms with Crippen LogP contribution < -0.4 is 9.62 Å². The second-order valence-electron chi connectivity index (χ2n) is 12.2. The Labute approximate surface area is 302 Å². The number of carbonyl (C=O) groups is 2. The number of aliphatic carboxylic acids is 1. The highest BCUT2D eigenvalue weighted by Crippen LogP contribution is 2.33. The number of hydrogen-bond donors (Lipinski definition) is 2. The molecular weight excluding hydrogens is 680 g/mol. The highest BCUT2D eigenvalue weighted by atomic mass is 35.5. The van der Waals surface area contributed by atoms with Crippen LogP contribution in [0.15, 0.2) is 157 Å². The van der Waals surface area contributed by atoms with Gasteiger partial charge in [0.15, 0.2) is 0 Å². The molecule has 0 fully saturated rings. The molecule has 6 rings (SSSR count). The van der Waals surface area contributed by atoms with Crippen molar-refractivity contribution >= 4 is 39.2 Å². The summed E-state index contributed by atoms with van der Waals surface area (Å²) in [5.41, 5.74) is 6.10. The fourth-order valence-corrected chi connectivity index (χ4v) is 7.49. The van der Waals surface area contributed by atoms with Gasteiger partial charge in [-0.05, 0) is 70.6 Å². The molecular formula is C42H35ClN2O5S. The van der Waals surface area contributed by atoms with Crippen molar-refractivity contribution in [2.75, 3.05) is 4.31 Å². The number of rotatable bonds is 12. The van der Waals surface area contributed by atoms with Crippen LogP contribution in [-0.2, 0) is 21.4 Å². The van der Waals surface area contributed by atoms with Gasteiger partial charge in [0.1, 0.15) is 0 Å². The molecule has 0 spiro atoms. The Kier molecular flexibility index (Phi) is 10.7. The number of hydrogen-bond acceptors (Lipinski definition) is 4. The van der Waals surface area contributed by atoms with Gasteiger partial charge in [0.05, 0.1) is 35.2 Å². The van der Waals surface area contributed by atoms with E-state index in [0.717, 1.165) is 27.8 Å². The van der Waals surface area contributed by atoms with E-state index in [9.17, 15) is 23.1 Å². The lowest BCUT2D eigenvalue weighted by molar-refractivity contribution is -0.137. The number of nitrogens with one attached hydrogen (secondary N) is 1. The Balaban J connectivity index is 1.37. The number of sulfonamides is 1. The molecule has 0 aliphatic rings. The molecule has 9 heteroatoms. The summed E-state index contributed by atoms with van der Waals surface area (Å²) in [5, 5.41) is 12.9. The van der Waals surface area contributed by atoms with Crippen molar-refractivity contribution in [1.82, 2.24) is 5.32 Å². The van der Waals surface area contributed by atoms with Crippen molar-refractivity contribution in [2.45, 2.75) is 30.8 Å². The Morgan fingerprint density at radius 2 is 1.24 bits per heavy atom. The second kappa shape index (κ2) is 15.5. The molecule has 0 radical (unpaired) electrons. The number of carbonyl (C=O) groups excluding carboxylic acids is 1. The number of amides is 1. The van der Waals surface area contributed by atoms with Crippen molar-refractivity contribution < 1.29 is 23.1 Å². The Morgan fingerprint density at radius 1 is 0.706 bits per heavy atom. The molecule has 256 valence electrons. The van der Waals surface area contributed by atoms with Crippen molar-refractivity contribution in [3.8, 4) is 22.3 Å². The fraction of sp³-hybridized carbons (Fsp3) is 0.0952. The van der Waals surface area contributed by atoms with Gasteiger partial charge in [0, 0.05) is 5.02 Å². The molecule has 1 unspecified atom stereocenters. The first-order chi connectivity index (χ1) is 24.6. The van der Waals surface area contributed by atoms with Crippen molar-refractivity contribution in [3.05, 3.63) is 179 Å². The largest absolute Gasteiger partial charge is 0.481 e. The molecule has 0 aliphatic heterocycles. The molecule has 1 atom stereocenters. The number of benzene rings is 6. The van der Waals surface area contributed by atoms with E-state index < -0.39 is 34.4 Å². The number of halogens is 1. The zero-order valence-corrected chi connectivity index (χ0v) is 29.3. The zero-order valence-electron chi connectivity index (χ0n) is 27.7. The summed E-state index contributed by atoms with van der Waals surface area (Å²) in [6, 6.07) is 44.3. The maximum absolute atomic E-state index is 14.5. The van der Waals surface area contributed by atoms with Crippen LogP contribution >= 0.6 is 11.6 Å². The van der Waals surface area contributed by atoms with Gasteiger partial charge in [0.25, 0.3) is 15.9 Å². The number of carboxylic acid groups (broad SMARTS) is 1. The second-order valence-corrected chi connectivity index (χ2v) is 14.5. The summed E-state index contributed by atoms with van der Waals surface area (Å²) >= 11 is 6.42. The van der Waals surface area contributed by atoms with Crippen molar-refractivity contribution in [1.29, 1.82) is 0 Å². The quantitative estimate of drug-likeness (QED) is 0.132. The average molecular weight is 715 g/mol. The third-order valence-corrected chi connectivity index (χ3v) is 10.6. The van der Waals surface area contributed by atoms with Gasteiger partial charge >= 0.3 is 5.97 Å². The zero-order chi connectivity index (χ0) is 36.0. The minimum absolute atomic E-state index is 0.0182. The molecule has 7 nitrogen and oxygen atoms in total. The maximum Gasteiger partial charge on any atom is 0.305 e. The molecule has 51 heavy (non-hydrogen) atoms. The fourth-order valence-electron chi connectivity index (χ4n) is 5.85. The van der Waals surface area contributed by atoms with Crippen LogP contribution in [0.1, 0.15) is 39.5 Å². The lowest BCUT2D eigenvalue weighted by Crippen LogP contribution is -2.35. The number of anilines is 1. The van der Waals surface area contributed by atoms with E-state index in [0.29, 0.717) is 11.1 Å². The van der Waals surface area contributed by atoms with Gasteiger partial charge in [-0.1, -0.05) is 138 Å². The monoisotopic (exact) mass is 714 g/mol. The van der Waals surface area contributed by atoms with E-state index in [1.54, 1.807) is 36.4 Å². The van der Waals surface area contributed by atoms with Crippen molar-refractivity contribution in [3.63, 3.8) is 0 Å². The standard InChI is InChI=1S/C42H35ClN2O5S/c1-29-12-14-30(15-13-29)28-45(51(49,50)37-23-20-34(21-24-37)32-10-6-3-7-11-32)40-25-22-36(43)26-38(40)42(48)44-39(27-41(46)47)35-18-16-33(17-19-35)31-8-4-2-5-9-31/h2-26,39H,27-28H2,1H3,(H,44,48)(H,46,47). The molecule has 6 aromatic carbocycles. The highest BCUT2D eigenvalue weighted by Gasteiger charge is 2.30. The van der Waals surface area contributed by atoms with Gasteiger partial charge in [-0.25, -0.2) is 8.42 Å². The lowest BCUT2D eigenvalue weighted by atomic mass is 9.98. The van der Waals surface area contributed by atoms with E-state index in [1.165, 1.54) is 22.5 Å². The Hall–Kier alpha value is -5.70. The summed E-state index contributed by atoms with van der Waals surface area (Å²) < 4.78 is 30.3. The topological polar surface area (TPSA) is 104 Å². The van der Waals surface area contributed by atoms with Crippen LogP contribution in [0.2, 0.25) is 5.02 Å². The SMILES string of the molecule is Cc1ccc(CN(c2ccc(Cl)cc2C(=O)NC(CC(=O)O)c2ccc(-c3ccccc3)cc2)S(=O)(=O)c2ccc(-c3ccccc3)cc2)cc1. The first-order valence-corrected chi connectivity index (χ1v) is 18.1. The first kappa shape index (κ1) is 35.1. The summed E-state index contributed by atoms with van der Waals surface area (Å²) in [5.74, 6) is -1.78. The van der Waals surface area contributed by atoms with Gasteiger partial charge in [-0.3, -0.25) is 13.9 Å². The first-order valence-electron chi connectivity index (χ1n) is 16.3. The highest BCUT2D eigenvalue weighted by molar-refractivity contribution is 7.92. The van der Waals surface area contributed by atoms with E-state index in [-0.39, 0.29) is 27.7 Å². The number of nitrogens with zero attached hydrogens (tertiary/aromatic N) is 1. The minimum atomic E-state index is -4.24. The molecule has 6 aromatic rings.